The lowest BCUT2D eigenvalue weighted by Gasteiger charge is -2.43. The number of nitrogens with one attached hydrogen (secondary N) is 1. The van der Waals surface area contributed by atoms with E-state index in [1.165, 1.54) is 77.0 Å². The van der Waals surface area contributed by atoms with Crippen LogP contribution in [0.3, 0.4) is 0 Å². The standard InChI is InChI=1S/C46H66N2O5/c1-5-8-10-12-14-16-29-48(30-17-15-13-11-9-6-2)34-43-36(4)44(40-23-21-37(35-49)22-24-40)53-45(52-43)41-27-25-39(26-28-41)42-20-18-19-38(32-42)33-47-46(50)51-31-7-3/h7,18-28,32,36,43-45,49H,3,5-6,8-17,29-31,33-35H2,1-2,4H3,(H,47,50). The Bertz CT molecular complexity index is 1440. The van der Waals surface area contributed by atoms with Gasteiger partial charge in [0.2, 0.25) is 0 Å². The summed E-state index contributed by atoms with van der Waals surface area (Å²) >= 11 is 0. The van der Waals surface area contributed by atoms with Crippen molar-refractivity contribution in [1.29, 1.82) is 0 Å². The molecule has 0 spiro atoms. The Morgan fingerprint density at radius 2 is 1.42 bits per heavy atom. The number of rotatable bonds is 24. The van der Waals surface area contributed by atoms with E-state index < -0.39 is 12.4 Å². The highest BCUT2D eigenvalue weighted by molar-refractivity contribution is 5.68. The van der Waals surface area contributed by atoms with Gasteiger partial charge in [-0.2, -0.15) is 0 Å². The number of benzene rings is 3. The average Bonchev–Trinajstić information content (AvgIpc) is 3.19. The van der Waals surface area contributed by atoms with E-state index in [-0.39, 0.29) is 31.3 Å². The molecule has 0 aliphatic carbocycles. The Kier molecular flexibility index (Phi) is 19.2. The van der Waals surface area contributed by atoms with Crippen LogP contribution in [0.4, 0.5) is 4.79 Å². The summed E-state index contributed by atoms with van der Waals surface area (Å²) < 4.78 is 18.8. The summed E-state index contributed by atoms with van der Waals surface area (Å²) in [6, 6.07) is 24.8. The van der Waals surface area contributed by atoms with Crippen molar-refractivity contribution >= 4 is 6.09 Å². The van der Waals surface area contributed by atoms with Gasteiger partial charge in [0.1, 0.15) is 6.61 Å². The maximum absolute atomic E-state index is 11.9. The zero-order valence-electron chi connectivity index (χ0n) is 32.8. The number of aliphatic hydroxyl groups excluding tert-OH is 1. The summed E-state index contributed by atoms with van der Waals surface area (Å²) in [6.45, 7) is 14.1. The van der Waals surface area contributed by atoms with Crippen LogP contribution in [0.5, 0.6) is 0 Å². The van der Waals surface area contributed by atoms with Crippen LogP contribution in [0.15, 0.2) is 85.5 Å². The van der Waals surface area contributed by atoms with E-state index in [0.717, 1.165) is 53.0 Å². The molecule has 7 nitrogen and oxygen atoms in total. The molecule has 3 aromatic carbocycles. The zero-order chi connectivity index (χ0) is 37.7. The largest absolute Gasteiger partial charge is 0.445 e. The topological polar surface area (TPSA) is 80.3 Å². The molecule has 2 N–H and O–H groups in total. The Hall–Kier alpha value is -3.49. The molecule has 1 aliphatic rings. The van der Waals surface area contributed by atoms with E-state index in [9.17, 15) is 9.90 Å². The molecule has 3 aromatic rings. The fourth-order valence-electron chi connectivity index (χ4n) is 7.16. The number of hydrogen-bond donors (Lipinski definition) is 2. The molecule has 0 bridgehead atoms. The maximum Gasteiger partial charge on any atom is 0.407 e. The molecule has 53 heavy (non-hydrogen) atoms. The van der Waals surface area contributed by atoms with Gasteiger partial charge in [0.15, 0.2) is 6.29 Å². The van der Waals surface area contributed by atoms with Gasteiger partial charge in [-0.15, -0.1) is 0 Å². The van der Waals surface area contributed by atoms with E-state index in [1.807, 2.05) is 24.3 Å². The van der Waals surface area contributed by atoms with Gasteiger partial charge < -0.3 is 29.5 Å². The quantitative estimate of drug-likeness (QED) is 0.0707. The number of alkyl carbamates (subject to hydrolysis) is 1. The lowest BCUT2D eigenvalue weighted by Crippen LogP contribution is -2.45. The predicted molar refractivity (Wildman–Crippen MR) is 216 cm³/mol. The lowest BCUT2D eigenvalue weighted by molar-refractivity contribution is -0.276. The first-order valence-corrected chi connectivity index (χ1v) is 20.4. The van der Waals surface area contributed by atoms with E-state index in [2.05, 4.69) is 86.1 Å². The van der Waals surface area contributed by atoms with E-state index in [1.54, 1.807) is 6.08 Å². The fourth-order valence-corrected chi connectivity index (χ4v) is 7.16. The number of aliphatic hydroxyl groups is 1. The Morgan fingerprint density at radius 3 is 2.04 bits per heavy atom. The number of unbranched alkanes of at least 4 members (excludes halogenated alkanes) is 10. The summed E-state index contributed by atoms with van der Waals surface area (Å²) in [5.74, 6) is 0.146. The summed E-state index contributed by atoms with van der Waals surface area (Å²) in [5.41, 5.74) is 6.12. The molecular weight excluding hydrogens is 661 g/mol. The molecular formula is C46H66N2O5. The maximum atomic E-state index is 11.9. The van der Waals surface area contributed by atoms with Gasteiger partial charge in [-0.3, -0.25) is 0 Å². The number of ether oxygens (including phenoxy) is 3. The number of nitrogens with zero attached hydrogens (tertiary/aromatic N) is 1. The molecule has 4 atom stereocenters. The molecule has 0 radical (unpaired) electrons. The predicted octanol–water partition coefficient (Wildman–Crippen LogP) is 11.1. The van der Waals surface area contributed by atoms with Gasteiger partial charge >= 0.3 is 6.09 Å². The van der Waals surface area contributed by atoms with Gasteiger partial charge in [-0.1, -0.05) is 164 Å². The number of carbonyl (C=O) groups excluding carboxylic acids is 1. The highest BCUT2D eigenvalue weighted by atomic mass is 16.7. The smallest absolute Gasteiger partial charge is 0.407 e. The average molecular weight is 727 g/mol. The van der Waals surface area contributed by atoms with Crippen LogP contribution in [0, 0.1) is 5.92 Å². The molecule has 1 saturated heterocycles. The minimum absolute atomic E-state index is 0.00141. The van der Waals surface area contributed by atoms with E-state index in [0.29, 0.717) is 6.54 Å². The van der Waals surface area contributed by atoms with Gasteiger partial charge in [-0.25, -0.2) is 4.79 Å². The van der Waals surface area contributed by atoms with Crippen molar-refractivity contribution in [2.45, 2.75) is 129 Å². The molecule has 7 heteroatoms. The van der Waals surface area contributed by atoms with Crippen molar-refractivity contribution in [3.05, 3.63) is 108 Å². The first kappa shape index (κ1) is 42.3. The van der Waals surface area contributed by atoms with Crippen molar-refractivity contribution in [3.63, 3.8) is 0 Å². The second kappa shape index (κ2) is 24.0. The molecule has 0 aromatic heterocycles. The third kappa shape index (κ3) is 14.4. The molecule has 290 valence electrons. The Labute approximate surface area is 320 Å². The molecule has 1 amide bonds. The summed E-state index contributed by atoms with van der Waals surface area (Å²) in [4.78, 5) is 14.6. The Balaban J connectivity index is 1.50. The minimum Gasteiger partial charge on any atom is -0.445 e. The van der Waals surface area contributed by atoms with E-state index in [4.69, 9.17) is 14.2 Å². The monoisotopic (exact) mass is 726 g/mol. The van der Waals surface area contributed by atoms with Crippen LogP contribution in [0.25, 0.3) is 11.1 Å². The highest BCUT2D eigenvalue weighted by Crippen LogP contribution is 2.42. The molecule has 1 aliphatic heterocycles. The van der Waals surface area contributed by atoms with Crippen molar-refractivity contribution in [2.24, 2.45) is 5.92 Å². The first-order valence-electron chi connectivity index (χ1n) is 20.4. The van der Waals surface area contributed by atoms with Gasteiger partial charge in [0.25, 0.3) is 0 Å². The molecule has 4 unspecified atom stereocenters. The minimum atomic E-state index is -0.505. The summed E-state index contributed by atoms with van der Waals surface area (Å²) in [5, 5.41) is 12.5. The zero-order valence-corrected chi connectivity index (χ0v) is 32.8. The van der Waals surface area contributed by atoms with Gasteiger partial charge in [0.05, 0.1) is 18.8 Å². The van der Waals surface area contributed by atoms with Crippen molar-refractivity contribution in [2.75, 3.05) is 26.2 Å². The van der Waals surface area contributed by atoms with E-state index >= 15 is 0 Å². The van der Waals surface area contributed by atoms with Crippen molar-refractivity contribution < 1.29 is 24.1 Å². The number of carbonyl (C=O) groups is 1. The summed E-state index contributed by atoms with van der Waals surface area (Å²) in [7, 11) is 0. The Morgan fingerprint density at radius 1 is 0.792 bits per heavy atom. The third-order valence-corrected chi connectivity index (χ3v) is 10.4. The van der Waals surface area contributed by atoms with Crippen LogP contribution in [0.2, 0.25) is 0 Å². The fraction of sp³-hybridized carbons (Fsp3) is 0.543. The lowest BCUT2D eigenvalue weighted by atomic mass is 9.89. The molecule has 0 saturated carbocycles. The van der Waals surface area contributed by atoms with Crippen molar-refractivity contribution in [3.8, 4) is 11.1 Å². The number of amides is 1. The van der Waals surface area contributed by atoms with Gasteiger partial charge in [-0.05, 0) is 59.8 Å². The van der Waals surface area contributed by atoms with Crippen LogP contribution < -0.4 is 5.32 Å². The normalized spacial score (nSPS) is 18.6. The summed E-state index contributed by atoms with van der Waals surface area (Å²) in [6.07, 6.45) is 16.0. The first-order chi connectivity index (χ1) is 25.9. The molecule has 4 rings (SSSR count). The van der Waals surface area contributed by atoms with Crippen LogP contribution in [0.1, 0.15) is 132 Å². The van der Waals surface area contributed by atoms with Crippen LogP contribution in [-0.2, 0) is 27.4 Å². The van der Waals surface area contributed by atoms with Crippen LogP contribution in [-0.4, -0.2) is 48.4 Å². The molecule has 1 heterocycles. The SMILES string of the molecule is C=CCOC(=O)NCc1cccc(-c2ccc(C3OC(CN(CCCCCCCC)CCCCCCCC)C(C)C(c4ccc(CO)cc4)O3)cc2)c1. The van der Waals surface area contributed by atoms with Crippen molar-refractivity contribution in [1.82, 2.24) is 10.2 Å². The number of hydrogen-bond acceptors (Lipinski definition) is 6. The van der Waals surface area contributed by atoms with Crippen LogP contribution >= 0.6 is 0 Å². The molecule has 1 fully saturated rings. The second-order valence-electron chi connectivity index (χ2n) is 14.7. The van der Waals surface area contributed by atoms with Gasteiger partial charge in [0, 0.05) is 24.6 Å². The highest BCUT2D eigenvalue weighted by Gasteiger charge is 2.39. The third-order valence-electron chi connectivity index (χ3n) is 10.4. The second-order valence-corrected chi connectivity index (χ2v) is 14.7.